The minimum absolute atomic E-state index is 0.155. The number of nitrogens with zero attached hydrogens (tertiary/aromatic N) is 2. The third kappa shape index (κ3) is 5.06. The van der Waals surface area contributed by atoms with E-state index in [2.05, 4.69) is 39.5 Å². The molecule has 0 saturated carbocycles. The van der Waals surface area contributed by atoms with E-state index in [1.807, 2.05) is 61.5 Å². The fourth-order valence-corrected chi connectivity index (χ4v) is 4.13. The van der Waals surface area contributed by atoms with Crippen LogP contribution in [0.1, 0.15) is 22.8 Å². The van der Waals surface area contributed by atoms with E-state index in [0.29, 0.717) is 10.6 Å². The average molecular weight is 449 g/mol. The van der Waals surface area contributed by atoms with E-state index in [9.17, 15) is 4.79 Å². The molecule has 0 bridgehead atoms. The molecule has 1 saturated heterocycles. The number of anilines is 4. The van der Waals surface area contributed by atoms with E-state index < -0.39 is 0 Å². The molecule has 0 radical (unpaired) electrons. The number of piperazine rings is 1. The van der Waals surface area contributed by atoms with Crippen LogP contribution in [0, 0.1) is 6.92 Å². The first-order valence-corrected chi connectivity index (χ1v) is 11.4. The van der Waals surface area contributed by atoms with Gasteiger partial charge in [-0.2, -0.15) is 0 Å². The van der Waals surface area contributed by atoms with E-state index in [4.69, 9.17) is 11.6 Å². The molecule has 1 aliphatic rings. The Kier molecular flexibility index (Phi) is 6.98. The average Bonchev–Trinajstić information content (AvgIpc) is 2.83. The van der Waals surface area contributed by atoms with Crippen LogP contribution in [-0.2, 0) is 0 Å². The first-order chi connectivity index (χ1) is 15.5. The minimum Gasteiger partial charge on any atom is -0.369 e. The van der Waals surface area contributed by atoms with Gasteiger partial charge in [-0.15, -0.1) is 0 Å². The van der Waals surface area contributed by atoms with Crippen LogP contribution in [0.3, 0.4) is 0 Å². The van der Waals surface area contributed by atoms with Crippen molar-refractivity contribution in [3.63, 3.8) is 0 Å². The number of hydrogen-bond donors (Lipinski definition) is 2. The molecule has 32 heavy (non-hydrogen) atoms. The standard InChI is InChI=1S/C26H29ClN4O/c1-3-30-15-17-31(18-16-30)21-13-11-20(12-14-21)28-26(32)22-7-4-5-9-25(22)29-24-10-6-8-23(27)19(24)2/h4-14,29H,3,15-18H2,1-2H3,(H,28,32). The number of amides is 1. The summed E-state index contributed by atoms with van der Waals surface area (Å²) in [7, 11) is 0. The highest BCUT2D eigenvalue weighted by Gasteiger charge is 2.16. The Morgan fingerprint density at radius 1 is 0.906 bits per heavy atom. The summed E-state index contributed by atoms with van der Waals surface area (Å²) in [5.41, 5.74) is 5.11. The van der Waals surface area contributed by atoms with Crippen LogP contribution in [0.15, 0.2) is 66.7 Å². The highest BCUT2D eigenvalue weighted by atomic mass is 35.5. The minimum atomic E-state index is -0.155. The van der Waals surface area contributed by atoms with E-state index in [1.54, 1.807) is 0 Å². The van der Waals surface area contributed by atoms with Crippen molar-refractivity contribution in [3.8, 4) is 0 Å². The molecule has 5 nitrogen and oxygen atoms in total. The molecule has 166 valence electrons. The van der Waals surface area contributed by atoms with Crippen molar-refractivity contribution in [1.82, 2.24) is 4.90 Å². The Labute approximate surface area is 195 Å². The predicted octanol–water partition coefficient (Wildman–Crippen LogP) is 5.79. The molecule has 6 heteroatoms. The van der Waals surface area contributed by atoms with Gasteiger partial charge in [0.25, 0.3) is 5.91 Å². The molecule has 2 N–H and O–H groups in total. The highest BCUT2D eigenvalue weighted by molar-refractivity contribution is 6.31. The normalized spacial score (nSPS) is 14.3. The summed E-state index contributed by atoms with van der Waals surface area (Å²) in [6.07, 6.45) is 0. The first kappa shape index (κ1) is 22.2. The molecule has 1 aliphatic heterocycles. The van der Waals surface area contributed by atoms with Crippen LogP contribution in [0.2, 0.25) is 5.02 Å². The molecule has 3 aromatic rings. The largest absolute Gasteiger partial charge is 0.369 e. The molecule has 0 atom stereocenters. The van der Waals surface area contributed by atoms with Crippen LogP contribution in [0.5, 0.6) is 0 Å². The van der Waals surface area contributed by atoms with Crippen LogP contribution in [0.25, 0.3) is 0 Å². The number of benzene rings is 3. The van der Waals surface area contributed by atoms with Crippen molar-refractivity contribution in [2.45, 2.75) is 13.8 Å². The third-order valence-corrected chi connectivity index (χ3v) is 6.43. The lowest BCUT2D eigenvalue weighted by Gasteiger charge is -2.35. The Morgan fingerprint density at radius 3 is 2.31 bits per heavy atom. The molecular formula is C26H29ClN4O. The number of likely N-dealkylation sites (N-methyl/N-ethyl adjacent to an activating group) is 1. The van der Waals surface area contributed by atoms with E-state index in [1.165, 1.54) is 5.69 Å². The van der Waals surface area contributed by atoms with Gasteiger partial charge in [-0.3, -0.25) is 4.79 Å². The van der Waals surface area contributed by atoms with Gasteiger partial charge in [0, 0.05) is 48.3 Å². The second-order valence-electron chi connectivity index (χ2n) is 8.01. The predicted molar refractivity (Wildman–Crippen MR) is 135 cm³/mol. The zero-order valence-electron chi connectivity index (χ0n) is 18.6. The lowest BCUT2D eigenvalue weighted by atomic mass is 10.1. The van der Waals surface area contributed by atoms with Gasteiger partial charge in [0.1, 0.15) is 0 Å². The maximum Gasteiger partial charge on any atom is 0.257 e. The SMILES string of the molecule is CCN1CCN(c2ccc(NC(=O)c3ccccc3Nc3cccc(Cl)c3C)cc2)CC1. The second-order valence-corrected chi connectivity index (χ2v) is 8.41. The maximum absolute atomic E-state index is 13.0. The third-order valence-electron chi connectivity index (χ3n) is 6.02. The molecule has 0 aromatic heterocycles. The van der Waals surface area contributed by atoms with Crippen LogP contribution < -0.4 is 15.5 Å². The van der Waals surface area contributed by atoms with Crippen LogP contribution >= 0.6 is 11.6 Å². The Bertz CT molecular complexity index is 1080. The number of carbonyl (C=O) groups excluding carboxylic acids is 1. The van der Waals surface area contributed by atoms with Gasteiger partial charge in [-0.1, -0.05) is 36.7 Å². The van der Waals surface area contributed by atoms with Crippen molar-refractivity contribution in [2.75, 3.05) is 48.3 Å². The van der Waals surface area contributed by atoms with Crippen molar-refractivity contribution in [3.05, 3.63) is 82.9 Å². The second kappa shape index (κ2) is 10.1. The Hall–Kier alpha value is -3.02. The van der Waals surface area contributed by atoms with Crippen molar-refractivity contribution in [2.24, 2.45) is 0 Å². The van der Waals surface area contributed by atoms with Gasteiger partial charge < -0.3 is 20.4 Å². The fraction of sp³-hybridized carbons (Fsp3) is 0.269. The lowest BCUT2D eigenvalue weighted by molar-refractivity contribution is 0.102. The summed E-state index contributed by atoms with van der Waals surface area (Å²) in [6, 6.07) is 21.3. The Balaban J connectivity index is 1.45. The molecule has 1 amide bonds. The number of para-hydroxylation sites is 1. The molecule has 0 spiro atoms. The lowest BCUT2D eigenvalue weighted by Crippen LogP contribution is -2.46. The summed E-state index contributed by atoms with van der Waals surface area (Å²) < 4.78 is 0. The monoisotopic (exact) mass is 448 g/mol. The quantitative estimate of drug-likeness (QED) is 0.501. The van der Waals surface area contributed by atoms with Crippen molar-refractivity contribution >= 4 is 40.3 Å². The van der Waals surface area contributed by atoms with Gasteiger partial charge in [-0.05, 0) is 67.6 Å². The Morgan fingerprint density at radius 2 is 1.59 bits per heavy atom. The smallest absolute Gasteiger partial charge is 0.257 e. The molecule has 3 aromatic carbocycles. The van der Waals surface area contributed by atoms with Crippen LogP contribution in [-0.4, -0.2) is 43.5 Å². The van der Waals surface area contributed by atoms with E-state index in [-0.39, 0.29) is 5.91 Å². The van der Waals surface area contributed by atoms with Gasteiger partial charge in [0.2, 0.25) is 0 Å². The molecule has 4 rings (SSSR count). The van der Waals surface area contributed by atoms with Gasteiger partial charge in [-0.25, -0.2) is 0 Å². The van der Waals surface area contributed by atoms with E-state index in [0.717, 1.165) is 55.3 Å². The first-order valence-electron chi connectivity index (χ1n) is 11.0. The highest BCUT2D eigenvalue weighted by Crippen LogP contribution is 2.28. The maximum atomic E-state index is 13.0. The van der Waals surface area contributed by atoms with Crippen molar-refractivity contribution < 1.29 is 4.79 Å². The summed E-state index contributed by atoms with van der Waals surface area (Å²) in [4.78, 5) is 17.9. The molecule has 0 aliphatic carbocycles. The zero-order chi connectivity index (χ0) is 22.5. The number of nitrogens with one attached hydrogen (secondary N) is 2. The van der Waals surface area contributed by atoms with Crippen LogP contribution in [0.4, 0.5) is 22.7 Å². The zero-order valence-corrected chi connectivity index (χ0v) is 19.3. The van der Waals surface area contributed by atoms with Gasteiger partial charge >= 0.3 is 0 Å². The number of carbonyl (C=O) groups is 1. The summed E-state index contributed by atoms with van der Waals surface area (Å²) >= 11 is 6.25. The van der Waals surface area contributed by atoms with E-state index >= 15 is 0 Å². The molecule has 1 fully saturated rings. The molecule has 0 unspecified atom stereocenters. The van der Waals surface area contributed by atoms with Crippen molar-refractivity contribution in [1.29, 1.82) is 0 Å². The van der Waals surface area contributed by atoms with Gasteiger partial charge in [0.15, 0.2) is 0 Å². The number of rotatable bonds is 6. The number of halogens is 1. The van der Waals surface area contributed by atoms with Gasteiger partial charge in [0.05, 0.1) is 11.3 Å². The molecular weight excluding hydrogens is 420 g/mol. The molecule has 1 heterocycles. The fourth-order valence-electron chi connectivity index (χ4n) is 3.95. The summed E-state index contributed by atoms with van der Waals surface area (Å²) in [5.74, 6) is -0.155. The summed E-state index contributed by atoms with van der Waals surface area (Å²) in [6.45, 7) is 9.50. The number of hydrogen-bond acceptors (Lipinski definition) is 4. The summed E-state index contributed by atoms with van der Waals surface area (Å²) in [5, 5.41) is 7.07. The topological polar surface area (TPSA) is 47.6 Å².